The van der Waals surface area contributed by atoms with Gasteiger partial charge in [-0.05, 0) is 18.2 Å². The van der Waals surface area contributed by atoms with Gasteiger partial charge in [-0.15, -0.1) is 0 Å². The van der Waals surface area contributed by atoms with Gasteiger partial charge in [0.25, 0.3) is 0 Å². The monoisotopic (exact) mass is 267 g/mol. The number of carbonyl (C=O) groups is 1. The number of fused-ring (bicyclic) bond motifs is 1. The maximum Gasteiger partial charge on any atom is 0.323 e. The van der Waals surface area contributed by atoms with Gasteiger partial charge in [-0.2, -0.15) is 0 Å². The fourth-order valence-electron chi connectivity index (χ4n) is 1.99. The van der Waals surface area contributed by atoms with Gasteiger partial charge in [0.1, 0.15) is 0 Å². The summed E-state index contributed by atoms with van der Waals surface area (Å²) < 4.78 is 0. The number of hydrogen-bond acceptors (Lipinski definition) is 3. The fraction of sp³-hybridized carbons (Fsp3) is 0.333. The Morgan fingerprint density at radius 3 is 2.83 bits per heavy atom. The van der Waals surface area contributed by atoms with E-state index in [4.69, 9.17) is 16.8 Å². The Morgan fingerprint density at radius 2 is 2.22 bits per heavy atom. The van der Waals surface area contributed by atoms with Gasteiger partial charge in [0.15, 0.2) is 0 Å². The quantitative estimate of drug-likeness (QED) is 0.580. The van der Waals surface area contributed by atoms with Crippen molar-refractivity contribution in [1.82, 2.24) is 4.90 Å². The number of hydrogen-bond donors (Lipinski definition) is 1. The van der Waals surface area contributed by atoms with Crippen LogP contribution in [0.4, 0.5) is 10.5 Å². The van der Waals surface area contributed by atoms with Gasteiger partial charge < -0.3 is 10.1 Å². The molecule has 5 nitrogen and oxygen atoms in total. The Morgan fingerprint density at radius 1 is 1.50 bits per heavy atom. The zero-order valence-corrected chi connectivity index (χ0v) is 11.0. The number of urea groups is 1. The number of oxime groups is 1. The molecule has 0 saturated heterocycles. The SMILES string of the molecule is CN(C)C(=O)N1CC/C(=N\O)c2cc(Cl)ccc21. The van der Waals surface area contributed by atoms with Crippen molar-refractivity contribution in [1.29, 1.82) is 0 Å². The lowest BCUT2D eigenvalue weighted by molar-refractivity contribution is 0.224. The second kappa shape index (κ2) is 4.86. The second-order valence-electron chi connectivity index (χ2n) is 4.29. The van der Waals surface area contributed by atoms with E-state index in [2.05, 4.69) is 5.16 Å². The van der Waals surface area contributed by atoms with Crippen molar-refractivity contribution < 1.29 is 10.0 Å². The minimum Gasteiger partial charge on any atom is -0.411 e. The van der Waals surface area contributed by atoms with Crippen LogP contribution < -0.4 is 4.90 Å². The molecule has 1 heterocycles. The van der Waals surface area contributed by atoms with Crippen molar-refractivity contribution in [3.05, 3.63) is 28.8 Å². The molecule has 18 heavy (non-hydrogen) atoms. The molecule has 1 N–H and O–H groups in total. The number of anilines is 1. The standard InChI is InChI=1S/C12H14ClN3O2/c1-15(2)12(17)16-6-5-10(14-18)9-7-8(13)3-4-11(9)16/h3-4,7,18H,5-6H2,1-2H3/b14-10+. The zero-order valence-electron chi connectivity index (χ0n) is 10.2. The number of carbonyl (C=O) groups excluding carboxylic acids is 1. The summed E-state index contributed by atoms with van der Waals surface area (Å²) >= 11 is 5.94. The van der Waals surface area contributed by atoms with Crippen LogP contribution in [0.25, 0.3) is 0 Å². The van der Waals surface area contributed by atoms with Crippen LogP contribution in [0.3, 0.4) is 0 Å². The Bertz CT molecular complexity index is 514. The Hall–Kier alpha value is -1.75. The van der Waals surface area contributed by atoms with Crippen LogP contribution in [0.2, 0.25) is 5.02 Å². The predicted molar refractivity (Wildman–Crippen MR) is 70.8 cm³/mol. The van der Waals surface area contributed by atoms with Crippen LogP contribution in [0, 0.1) is 0 Å². The molecule has 0 spiro atoms. The molecule has 0 bridgehead atoms. The van der Waals surface area contributed by atoms with Gasteiger partial charge in [0, 0.05) is 37.6 Å². The summed E-state index contributed by atoms with van der Waals surface area (Å²) in [7, 11) is 3.40. The summed E-state index contributed by atoms with van der Waals surface area (Å²) in [6.45, 7) is 0.491. The van der Waals surface area contributed by atoms with Crippen LogP contribution in [-0.2, 0) is 0 Å². The summed E-state index contributed by atoms with van der Waals surface area (Å²) in [6.07, 6.45) is 0.503. The van der Waals surface area contributed by atoms with E-state index in [9.17, 15) is 4.79 Å². The van der Waals surface area contributed by atoms with Gasteiger partial charge in [0.2, 0.25) is 0 Å². The van der Waals surface area contributed by atoms with E-state index < -0.39 is 0 Å². The Balaban J connectivity index is 2.50. The largest absolute Gasteiger partial charge is 0.411 e. The smallest absolute Gasteiger partial charge is 0.323 e. The average Bonchev–Trinajstić information content (AvgIpc) is 2.36. The molecule has 2 amide bonds. The van der Waals surface area contributed by atoms with E-state index in [0.29, 0.717) is 29.3 Å². The minimum atomic E-state index is -0.101. The summed E-state index contributed by atoms with van der Waals surface area (Å²) in [6, 6.07) is 5.09. The molecule has 0 saturated carbocycles. The van der Waals surface area contributed by atoms with Gasteiger partial charge >= 0.3 is 6.03 Å². The average molecular weight is 268 g/mol. The van der Waals surface area contributed by atoms with E-state index >= 15 is 0 Å². The molecule has 1 aliphatic heterocycles. The molecule has 6 heteroatoms. The molecule has 1 aromatic carbocycles. The molecule has 0 aromatic heterocycles. The van der Waals surface area contributed by atoms with E-state index in [1.165, 1.54) is 4.90 Å². The first-order chi connectivity index (χ1) is 8.54. The molecule has 1 aromatic rings. The third-order valence-corrected chi connectivity index (χ3v) is 3.10. The maximum absolute atomic E-state index is 12.1. The molecule has 0 radical (unpaired) electrons. The van der Waals surface area contributed by atoms with Crippen molar-refractivity contribution in [3.63, 3.8) is 0 Å². The maximum atomic E-state index is 12.1. The number of nitrogens with zero attached hydrogens (tertiary/aromatic N) is 3. The van der Waals surface area contributed by atoms with Crippen LogP contribution in [0.5, 0.6) is 0 Å². The van der Waals surface area contributed by atoms with Crippen molar-refractivity contribution in [2.24, 2.45) is 5.16 Å². The molecule has 2 rings (SSSR count). The van der Waals surface area contributed by atoms with Crippen molar-refractivity contribution in [2.75, 3.05) is 25.5 Å². The molecule has 0 unspecified atom stereocenters. The highest BCUT2D eigenvalue weighted by Crippen LogP contribution is 2.30. The highest BCUT2D eigenvalue weighted by Gasteiger charge is 2.27. The second-order valence-corrected chi connectivity index (χ2v) is 4.72. The van der Waals surface area contributed by atoms with Crippen molar-refractivity contribution in [2.45, 2.75) is 6.42 Å². The topological polar surface area (TPSA) is 56.1 Å². The van der Waals surface area contributed by atoms with Gasteiger partial charge in [-0.1, -0.05) is 16.8 Å². The minimum absolute atomic E-state index is 0.101. The normalized spacial score (nSPS) is 16.6. The van der Waals surface area contributed by atoms with E-state index in [1.807, 2.05) is 0 Å². The fourth-order valence-corrected chi connectivity index (χ4v) is 2.16. The van der Waals surface area contributed by atoms with Crippen LogP contribution in [0.1, 0.15) is 12.0 Å². The Kier molecular flexibility index (Phi) is 3.43. The molecule has 0 atom stereocenters. The van der Waals surface area contributed by atoms with Gasteiger partial charge in [-0.3, -0.25) is 4.90 Å². The lowest BCUT2D eigenvalue weighted by atomic mass is 10.00. The third-order valence-electron chi connectivity index (χ3n) is 2.87. The lowest BCUT2D eigenvalue weighted by Gasteiger charge is -2.31. The molecule has 96 valence electrons. The molecule has 0 aliphatic carbocycles. The van der Waals surface area contributed by atoms with Crippen molar-refractivity contribution in [3.8, 4) is 0 Å². The lowest BCUT2D eigenvalue weighted by Crippen LogP contribution is -2.43. The van der Waals surface area contributed by atoms with Crippen LogP contribution in [0.15, 0.2) is 23.4 Å². The summed E-state index contributed by atoms with van der Waals surface area (Å²) in [4.78, 5) is 15.2. The summed E-state index contributed by atoms with van der Waals surface area (Å²) in [5, 5.41) is 12.8. The van der Waals surface area contributed by atoms with Crippen LogP contribution >= 0.6 is 11.6 Å². The molecule has 1 aliphatic rings. The number of benzene rings is 1. The summed E-state index contributed by atoms with van der Waals surface area (Å²) in [5.41, 5.74) is 1.97. The number of amides is 2. The number of halogens is 1. The van der Waals surface area contributed by atoms with Gasteiger partial charge in [-0.25, -0.2) is 4.79 Å². The molecular formula is C12H14ClN3O2. The van der Waals surface area contributed by atoms with Crippen molar-refractivity contribution >= 4 is 29.0 Å². The van der Waals surface area contributed by atoms with E-state index in [0.717, 1.165) is 5.69 Å². The van der Waals surface area contributed by atoms with Gasteiger partial charge in [0.05, 0.1) is 11.4 Å². The predicted octanol–water partition coefficient (Wildman–Crippen LogP) is 2.41. The van der Waals surface area contributed by atoms with Crippen LogP contribution in [-0.4, -0.2) is 42.5 Å². The molecular weight excluding hydrogens is 254 g/mol. The highest BCUT2D eigenvalue weighted by atomic mass is 35.5. The van der Waals surface area contributed by atoms with E-state index in [-0.39, 0.29) is 6.03 Å². The zero-order chi connectivity index (χ0) is 13.3. The highest BCUT2D eigenvalue weighted by molar-refractivity contribution is 6.31. The number of rotatable bonds is 0. The Labute approximate surface area is 110 Å². The first kappa shape index (κ1) is 12.7. The third kappa shape index (κ3) is 2.13. The summed E-state index contributed by atoms with van der Waals surface area (Å²) in [5.74, 6) is 0. The molecule has 0 fully saturated rings. The van der Waals surface area contributed by atoms with E-state index in [1.54, 1.807) is 37.2 Å². The first-order valence-corrected chi connectivity index (χ1v) is 5.92. The first-order valence-electron chi connectivity index (χ1n) is 5.54.